The van der Waals surface area contributed by atoms with Gasteiger partial charge < -0.3 is 5.32 Å². The number of nitrogens with zero attached hydrogens (tertiary/aromatic N) is 2. The summed E-state index contributed by atoms with van der Waals surface area (Å²) in [5.41, 5.74) is 1.19. The van der Waals surface area contributed by atoms with E-state index in [1.165, 1.54) is 37.8 Å². The van der Waals surface area contributed by atoms with Gasteiger partial charge in [-0.05, 0) is 63.8 Å². The van der Waals surface area contributed by atoms with Gasteiger partial charge in [0.2, 0.25) is 0 Å². The van der Waals surface area contributed by atoms with Gasteiger partial charge in [0.15, 0.2) is 0 Å². The molecule has 0 aromatic carbocycles. The Morgan fingerprint density at radius 1 is 1.38 bits per heavy atom. The number of nitrogens with one attached hydrogen (secondary N) is 1. The first-order valence-electron chi connectivity index (χ1n) is 8.56. The quantitative estimate of drug-likeness (QED) is 0.832. The second-order valence-corrected chi connectivity index (χ2v) is 7.60. The van der Waals surface area contributed by atoms with E-state index in [9.17, 15) is 0 Å². The molecule has 1 aromatic heterocycles. The molecule has 1 N–H and O–H groups in total. The molecule has 4 unspecified atom stereocenters. The van der Waals surface area contributed by atoms with E-state index in [1.807, 2.05) is 6.20 Å². The lowest BCUT2D eigenvalue weighted by atomic mass is 9.83. The summed E-state index contributed by atoms with van der Waals surface area (Å²) in [5, 5.41) is 8.97. The van der Waals surface area contributed by atoms with Gasteiger partial charge in [-0.25, -0.2) is 0 Å². The van der Waals surface area contributed by atoms with E-state index in [2.05, 4.69) is 35.9 Å². The minimum absolute atomic E-state index is 0.344. The third kappa shape index (κ3) is 3.00. The zero-order valence-corrected chi connectivity index (χ0v) is 14.2. The van der Waals surface area contributed by atoms with Crippen LogP contribution in [0.15, 0.2) is 6.20 Å². The minimum Gasteiger partial charge on any atom is -0.309 e. The molecule has 0 radical (unpaired) electrons. The van der Waals surface area contributed by atoms with Crippen molar-refractivity contribution in [3.8, 4) is 0 Å². The highest BCUT2D eigenvalue weighted by Crippen LogP contribution is 2.51. The summed E-state index contributed by atoms with van der Waals surface area (Å²) < 4.78 is 2.10. The van der Waals surface area contributed by atoms with E-state index in [-0.39, 0.29) is 0 Å². The lowest BCUT2D eigenvalue weighted by molar-refractivity contribution is 0.273. The average molecular weight is 310 g/mol. The maximum Gasteiger partial charge on any atom is 0.0834 e. The summed E-state index contributed by atoms with van der Waals surface area (Å²) in [7, 11) is 0. The molecule has 2 saturated carbocycles. The van der Waals surface area contributed by atoms with E-state index in [0.717, 1.165) is 29.3 Å². The van der Waals surface area contributed by atoms with Gasteiger partial charge in [-0.1, -0.05) is 24.9 Å². The summed E-state index contributed by atoms with van der Waals surface area (Å²) >= 11 is 6.46. The molecule has 0 aliphatic heterocycles. The van der Waals surface area contributed by atoms with Crippen LogP contribution >= 0.6 is 11.6 Å². The number of hydrogen-bond donors (Lipinski definition) is 1. The van der Waals surface area contributed by atoms with Crippen molar-refractivity contribution in [3.63, 3.8) is 0 Å². The summed E-state index contributed by atoms with van der Waals surface area (Å²) in [6, 6.07) is 0.699. The monoisotopic (exact) mass is 309 g/mol. The molecule has 3 nitrogen and oxygen atoms in total. The molecular formula is C17H28ClN3. The highest BCUT2D eigenvalue weighted by atomic mass is 35.5. The van der Waals surface area contributed by atoms with Crippen molar-refractivity contribution in [2.24, 2.45) is 17.8 Å². The van der Waals surface area contributed by atoms with Gasteiger partial charge in [0.05, 0.1) is 23.0 Å². The summed E-state index contributed by atoms with van der Waals surface area (Å²) in [5.74, 6) is 2.84. The van der Waals surface area contributed by atoms with E-state index in [4.69, 9.17) is 11.6 Å². The van der Waals surface area contributed by atoms with Gasteiger partial charge in [-0.2, -0.15) is 5.10 Å². The first-order chi connectivity index (χ1) is 10.1. The fraction of sp³-hybridized carbons (Fsp3) is 0.824. The molecule has 2 aliphatic rings. The van der Waals surface area contributed by atoms with Crippen LogP contribution in [0, 0.1) is 17.8 Å². The predicted molar refractivity (Wildman–Crippen MR) is 87.6 cm³/mol. The van der Waals surface area contributed by atoms with Crippen LogP contribution in [-0.2, 0) is 0 Å². The Balaban J connectivity index is 1.79. The minimum atomic E-state index is 0.344. The lowest BCUT2D eigenvalue weighted by Crippen LogP contribution is -2.28. The van der Waals surface area contributed by atoms with E-state index < -0.39 is 0 Å². The van der Waals surface area contributed by atoms with Gasteiger partial charge >= 0.3 is 0 Å². The molecule has 2 aliphatic carbocycles. The second kappa shape index (κ2) is 6.29. The Labute approximate surface area is 133 Å². The predicted octanol–water partition coefficient (Wildman–Crippen LogP) is 4.59. The number of halogens is 1. The molecule has 1 aromatic rings. The third-order valence-electron chi connectivity index (χ3n) is 5.48. The third-order valence-corrected chi connectivity index (χ3v) is 5.77. The Kier molecular flexibility index (Phi) is 4.60. The largest absolute Gasteiger partial charge is 0.309 e. The van der Waals surface area contributed by atoms with Crippen molar-refractivity contribution in [2.45, 2.75) is 65.0 Å². The molecule has 118 valence electrons. The molecule has 4 atom stereocenters. The molecule has 0 saturated heterocycles. The molecular weight excluding hydrogens is 282 g/mol. The Morgan fingerprint density at radius 3 is 2.76 bits per heavy atom. The van der Waals surface area contributed by atoms with E-state index >= 15 is 0 Å². The first-order valence-corrected chi connectivity index (χ1v) is 8.94. The second-order valence-electron chi connectivity index (χ2n) is 7.20. The van der Waals surface area contributed by atoms with E-state index in [1.54, 1.807) is 0 Å². The van der Waals surface area contributed by atoms with Crippen LogP contribution in [-0.4, -0.2) is 16.3 Å². The summed E-state index contributed by atoms with van der Waals surface area (Å²) in [4.78, 5) is 0. The van der Waals surface area contributed by atoms with E-state index in [0.29, 0.717) is 12.1 Å². The van der Waals surface area contributed by atoms with Crippen molar-refractivity contribution in [2.75, 3.05) is 6.54 Å². The highest BCUT2D eigenvalue weighted by molar-refractivity contribution is 6.31. The zero-order valence-electron chi connectivity index (χ0n) is 13.5. The Hall–Kier alpha value is -0.540. The summed E-state index contributed by atoms with van der Waals surface area (Å²) in [6.07, 6.45) is 8.85. The van der Waals surface area contributed by atoms with Crippen molar-refractivity contribution >= 4 is 11.6 Å². The van der Waals surface area contributed by atoms with Crippen molar-refractivity contribution in [3.05, 3.63) is 16.9 Å². The number of aromatic nitrogens is 2. The van der Waals surface area contributed by atoms with Gasteiger partial charge in [-0.15, -0.1) is 0 Å². The number of rotatable bonds is 6. The van der Waals surface area contributed by atoms with Gasteiger partial charge in [0, 0.05) is 6.04 Å². The van der Waals surface area contributed by atoms with Crippen molar-refractivity contribution in [1.29, 1.82) is 0 Å². The van der Waals surface area contributed by atoms with Gasteiger partial charge in [0.1, 0.15) is 0 Å². The fourth-order valence-corrected chi connectivity index (χ4v) is 4.86. The van der Waals surface area contributed by atoms with Crippen LogP contribution < -0.4 is 5.32 Å². The first kappa shape index (κ1) is 15.4. The fourth-order valence-electron chi connectivity index (χ4n) is 4.59. The molecule has 21 heavy (non-hydrogen) atoms. The Bertz CT molecular complexity index is 482. The molecule has 3 rings (SSSR count). The molecule has 0 spiro atoms. The smallest absolute Gasteiger partial charge is 0.0834 e. The molecule has 0 amide bonds. The van der Waals surface area contributed by atoms with Crippen LogP contribution in [0.3, 0.4) is 0 Å². The van der Waals surface area contributed by atoms with Crippen LogP contribution in [0.4, 0.5) is 0 Å². The molecule has 2 bridgehead atoms. The van der Waals surface area contributed by atoms with Gasteiger partial charge in [0.25, 0.3) is 0 Å². The highest BCUT2D eigenvalue weighted by Gasteiger charge is 2.40. The van der Waals surface area contributed by atoms with Gasteiger partial charge in [-0.3, -0.25) is 4.68 Å². The standard InChI is InChI=1S/C17H28ClN3/c1-4-19-16(9-14-8-12-5-6-13(14)7-12)17-15(18)10-20-21(17)11(2)3/h10-14,16,19H,4-9H2,1-3H3. The Morgan fingerprint density at radius 2 is 2.19 bits per heavy atom. The maximum absolute atomic E-state index is 6.46. The van der Waals surface area contributed by atoms with Crippen LogP contribution in [0.25, 0.3) is 0 Å². The number of hydrogen-bond acceptors (Lipinski definition) is 2. The SMILES string of the molecule is CCNC(CC1CC2CCC1C2)c1c(Cl)cnn1C(C)C. The molecule has 2 fully saturated rings. The van der Waals surface area contributed by atoms with Crippen molar-refractivity contribution in [1.82, 2.24) is 15.1 Å². The molecule has 1 heterocycles. The zero-order chi connectivity index (χ0) is 15.0. The normalized spacial score (nSPS) is 29.5. The van der Waals surface area contributed by atoms with Crippen molar-refractivity contribution < 1.29 is 0 Å². The van der Waals surface area contributed by atoms with Crippen LogP contribution in [0.5, 0.6) is 0 Å². The van der Waals surface area contributed by atoms with Crippen LogP contribution in [0.1, 0.15) is 70.7 Å². The average Bonchev–Trinajstić information content (AvgIpc) is 3.12. The number of fused-ring (bicyclic) bond motifs is 2. The maximum atomic E-state index is 6.46. The summed E-state index contributed by atoms with van der Waals surface area (Å²) in [6.45, 7) is 7.50. The van der Waals surface area contributed by atoms with Crippen LogP contribution in [0.2, 0.25) is 5.02 Å². The molecule has 4 heteroatoms. The topological polar surface area (TPSA) is 29.9 Å². The lowest BCUT2D eigenvalue weighted by Gasteiger charge is -2.28.